The molecule has 1 atom stereocenters. The molecule has 1 aromatic heterocycles. The van der Waals surface area contributed by atoms with Crippen molar-refractivity contribution in [3.63, 3.8) is 0 Å². The lowest BCUT2D eigenvalue weighted by atomic mass is 10.1. The molecule has 1 unspecified atom stereocenters. The highest BCUT2D eigenvalue weighted by molar-refractivity contribution is 7.99. The van der Waals surface area contributed by atoms with E-state index in [1.165, 1.54) is 24.6 Å². The highest BCUT2D eigenvalue weighted by Crippen LogP contribution is 2.32. The van der Waals surface area contributed by atoms with Crippen LogP contribution in [0.15, 0.2) is 5.16 Å². The number of rotatable bonds is 7. The average Bonchev–Trinajstić information content (AvgIpc) is 3.07. The number of carboxylic acid groups (broad SMARTS) is 1. The first kappa shape index (κ1) is 15.2. The summed E-state index contributed by atoms with van der Waals surface area (Å²) in [7, 11) is 0. The molecule has 1 aromatic rings. The highest BCUT2D eigenvalue weighted by Gasteiger charge is 2.33. The topological polar surface area (TPSA) is 92.9 Å². The fraction of sp³-hybridized carbons (Fsp3) is 0.833. The minimum absolute atomic E-state index is 0.364. The second kappa shape index (κ2) is 6.53. The number of nitrogens with zero attached hydrogens (tertiary/aromatic N) is 4. The molecule has 8 heteroatoms. The molecule has 112 valence electrons. The van der Waals surface area contributed by atoms with Crippen LogP contribution in [-0.2, 0) is 4.79 Å². The Bertz CT molecular complexity index is 460. The normalized spacial score (nSPS) is 19.1. The standard InChI is InChI=1S/C12H21N5O2S/c1-3-13-12(2,10(18)19)8-20-11-14-15-16-17(11)9-6-4-5-7-9/h9,13H,3-8H2,1-2H3,(H,18,19). The monoisotopic (exact) mass is 299 g/mol. The Balaban J connectivity index is 2.03. The molecule has 0 aliphatic heterocycles. The lowest BCUT2D eigenvalue weighted by Crippen LogP contribution is -2.51. The number of aromatic nitrogens is 4. The second-order valence-electron chi connectivity index (χ2n) is 5.30. The maximum Gasteiger partial charge on any atom is 0.324 e. The number of hydrogen-bond acceptors (Lipinski definition) is 6. The summed E-state index contributed by atoms with van der Waals surface area (Å²) in [5.74, 6) is -0.463. The van der Waals surface area contributed by atoms with E-state index in [4.69, 9.17) is 0 Å². The number of hydrogen-bond donors (Lipinski definition) is 2. The number of carbonyl (C=O) groups is 1. The van der Waals surface area contributed by atoms with Gasteiger partial charge < -0.3 is 10.4 Å². The van der Waals surface area contributed by atoms with E-state index in [1.54, 1.807) is 6.92 Å². The number of carboxylic acids is 1. The molecule has 0 spiro atoms. The average molecular weight is 299 g/mol. The summed E-state index contributed by atoms with van der Waals surface area (Å²) >= 11 is 1.40. The minimum Gasteiger partial charge on any atom is -0.480 e. The van der Waals surface area contributed by atoms with Gasteiger partial charge in [0.05, 0.1) is 6.04 Å². The van der Waals surface area contributed by atoms with E-state index in [-0.39, 0.29) is 0 Å². The van der Waals surface area contributed by atoms with Gasteiger partial charge in [-0.2, -0.15) is 0 Å². The minimum atomic E-state index is -0.966. The summed E-state index contributed by atoms with van der Waals surface area (Å²) < 4.78 is 1.85. The Morgan fingerprint density at radius 2 is 2.25 bits per heavy atom. The predicted molar refractivity (Wildman–Crippen MR) is 75.8 cm³/mol. The van der Waals surface area contributed by atoms with Gasteiger partial charge >= 0.3 is 5.97 Å². The van der Waals surface area contributed by atoms with Crippen LogP contribution in [0, 0.1) is 0 Å². The molecule has 20 heavy (non-hydrogen) atoms. The quantitative estimate of drug-likeness (QED) is 0.734. The van der Waals surface area contributed by atoms with E-state index in [2.05, 4.69) is 20.8 Å². The van der Waals surface area contributed by atoms with Gasteiger partial charge in [-0.05, 0) is 36.7 Å². The summed E-state index contributed by atoms with van der Waals surface area (Å²) in [6, 6.07) is 0.364. The SMILES string of the molecule is CCNC(C)(CSc1nnnn1C1CCCC1)C(=O)O. The lowest BCUT2D eigenvalue weighted by molar-refractivity contribution is -0.143. The molecule has 1 aliphatic carbocycles. The first-order chi connectivity index (χ1) is 9.57. The van der Waals surface area contributed by atoms with Crippen molar-refractivity contribution in [3.05, 3.63) is 0 Å². The molecule has 0 radical (unpaired) electrons. The van der Waals surface area contributed by atoms with Crippen LogP contribution in [0.4, 0.5) is 0 Å². The number of thioether (sulfide) groups is 1. The molecule has 0 amide bonds. The Morgan fingerprint density at radius 3 is 2.85 bits per heavy atom. The van der Waals surface area contributed by atoms with Crippen molar-refractivity contribution in [3.8, 4) is 0 Å². The molecule has 1 aliphatic rings. The van der Waals surface area contributed by atoms with Crippen molar-refractivity contribution in [2.45, 2.75) is 56.3 Å². The Labute approximate surface area is 122 Å². The van der Waals surface area contributed by atoms with Gasteiger partial charge in [0.1, 0.15) is 5.54 Å². The Kier molecular flexibility index (Phi) is 4.98. The van der Waals surface area contributed by atoms with E-state index in [0.717, 1.165) is 12.8 Å². The van der Waals surface area contributed by atoms with E-state index in [9.17, 15) is 9.90 Å². The fourth-order valence-corrected chi connectivity index (χ4v) is 3.50. The number of likely N-dealkylation sites (N-methyl/N-ethyl adjacent to an activating group) is 1. The van der Waals surface area contributed by atoms with E-state index in [1.807, 2.05) is 11.6 Å². The summed E-state index contributed by atoms with van der Waals surface area (Å²) in [5, 5.41) is 24.9. The molecule has 1 saturated carbocycles. The van der Waals surface area contributed by atoms with Crippen molar-refractivity contribution in [1.29, 1.82) is 0 Å². The van der Waals surface area contributed by atoms with Crippen molar-refractivity contribution in [2.75, 3.05) is 12.3 Å². The van der Waals surface area contributed by atoms with Crippen LogP contribution in [-0.4, -0.2) is 49.1 Å². The first-order valence-corrected chi connectivity index (χ1v) is 7.94. The zero-order valence-corrected chi connectivity index (χ0v) is 12.7. The third-order valence-corrected chi connectivity index (χ3v) is 4.91. The van der Waals surface area contributed by atoms with Gasteiger partial charge in [0.25, 0.3) is 0 Å². The van der Waals surface area contributed by atoms with Crippen LogP contribution in [0.3, 0.4) is 0 Å². The van der Waals surface area contributed by atoms with Gasteiger partial charge in [0.2, 0.25) is 5.16 Å². The molecule has 0 aromatic carbocycles. The van der Waals surface area contributed by atoms with Gasteiger partial charge in [-0.3, -0.25) is 4.79 Å². The summed E-state index contributed by atoms with van der Waals surface area (Å²) in [4.78, 5) is 11.4. The van der Waals surface area contributed by atoms with Gasteiger partial charge in [-0.15, -0.1) is 5.10 Å². The van der Waals surface area contributed by atoms with Crippen LogP contribution in [0.25, 0.3) is 0 Å². The smallest absolute Gasteiger partial charge is 0.324 e. The van der Waals surface area contributed by atoms with Gasteiger partial charge in [-0.25, -0.2) is 4.68 Å². The molecule has 0 bridgehead atoms. The molecule has 1 heterocycles. The van der Waals surface area contributed by atoms with Gasteiger partial charge in [0.15, 0.2) is 0 Å². The van der Waals surface area contributed by atoms with Gasteiger partial charge in [0, 0.05) is 5.75 Å². The fourth-order valence-electron chi connectivity index (χ4n) is 2.45. The van der Waals surface area contributed by atoms with Crippen LogP contribution < -0.4 is 5.32 Å². The van der Waals surface area contributed by atoms with Crippen molar-refractivity contribution >= 4 is 17.7 Å². The van der Waals surface area contributed by atoms with Crippen LogP contribution in [0.5, 0.6) is 0 Å². The lowest BCUT2D eigenvalue weighted by Gasteiger charge is -2.25. The molecular weight excluding hydrogens is 278 g/mol. The molecule has 7 nitrogen and oxygen atoms in total. The van der Waals surface area contributed by atoms with Crippen molar-refractivity contribution in [1.82, 2.24) is 25.5 Å². The van der Waals surface area contributed by atoms with Crippen LogP contribution in [0.1, 0.15) is 45.6 Å². The highest BCUT2D eigenvalue weighted by atomic mass is 32.2. The van der Waals surface area contributed by atoms with Crippen molar-refractivity contribution in [2.24, 2.45) is 0 Å². The van der Waals surface area contributed by atoms with E-state index in [0.29, 0.717) is 23.5 Å². The number of aliphatic carboxylic acids is 1. The zero-order valence-electron chi connectivity index (χ0n) is 11.9. The maximum atomic E-state index is 11.4. The molecule has 2 N–H and O–H groups in total. The summed E-state index contributed by atoms with van der Waals surface area (Å²) in [6.45, 7) is 4.20. The zero-order chi connectivity index (χ0) is 14.6. The largest absolute Gasteiger partial charge is 0.480 e. The second-order valence-corrected chi connectivity index (χ2v) is 6.24. The van der Waals surface area contributed by atoms with Crippen LogP contribution >= 0.6 is 11.8 Å². The molecule has 2 rings (SSSR count). The number of nitrogens with one attached hydrogen (secondary N) is 1. The predicted octanol–water partition coefficient (Wildman–Crippen LogP) is 1.33. The third kappa shape index (κ3) is 3.29. The summed E-state index contributed by atoms with van der Waals surface area (Å²) in [6.07, 6.45) is 4.61. The maximum absolute atomic E-state index is 11.4. The molecular formula is C12H21N5O2S. The van der Waals surface area contributed by atoms with Gasteiger partial charge in [-0.1, -0.05) is 31.5 Å². The van der Waals surface area contributed by atoms with E-state index < -0.39 is 11.5 Å². The Hall–Kier alpha value is -1.15. The molecule has 1 fully saturated rings. The third-order valence-electron chi connectivity index (χ3n) is 3.66. The Morgan fingerprint density at radius 1 is 1.55 bits per heavy atom. The first-order valence-electron chi connectivity index (χ1n) is 6.96. The van der Waals surface area contributed by atoms with Crippen LogP contribution in [0.2, 0.25) is 0 Å². The number of tetrazole rings is 1. The van der Waals surface area contributed by atoms with Crippen molar-refractivity contribution < 1.29 is 9.90 Å². The molecule has 0 saturated heterocycles. The van der Waals surface area contributed by atoms with E-state index >= 15 is 0 Å². The summed E-state index contributed by atoms with van der Waals surface area (Å²) in [5.41, 5.74) is -0.966.